The van der Waals surface area contributed by atoms with Crippen LogP contribution in [-0.2, 0) is 24.3 Å². The largest absolute Gasteiger partial charge is 0.347 e. The molecule has 150 valence electrons. The lowest BCUT2D eigenvalue weighted by molar-refractivity contribution is -0.116. The molecule has 2 aromatic rings. The van der Waals surface area contributed by atoms with Gasteiger partial charge in [0.25, 0.3) is 0 Å². The fraction of sp³-hybridized carbons (Fsp3) is 0.565. The average Bonchev–Trinajstić information content (AvgIpc) is 3.25. The van der Waals surface area contributed by atoms with Crippen molar-refractivity contribution in [3.8, 4) is 0 Å². The summed E-state index contributed by atoms with van der Waals surface area (Å²) in [6.45, 7) is 5.89. The molecule has 2 aromatic heterocycles. The number of nitrogens with one attached hydrogen (secondary N) is 1. The van der Waals surface area contributed by atoms with Gasteiger partial charge >= 0.3 is 0 Å². The summed E-state index contributed by atoms with van der Waals surface area (Å²) in [5.41, 5.74) is 4.67. The van der Waals surface area contributed by atoms with Crippen LogP contribution in [0.3, 0.4) is 0 Å². The van der Waals surface area contributed by atoms with Gasteiger partial charge in [-0.1, -0.05) is 19.3 Å². The number of carbonyl (C=O) groups is 1. The second kappa shape index (κ2) is 8.38. The molecule has 1 aliphatic heterocycles. The van der Waals surface area contributed by atoms with Crippen LogP contribution in [0, 0.1) is 13.8 Å². The van der Waals surface area contributed by atoms with Gasteiger partial charge in [0, 0.05) is 42.7 Å². The summed E-state index contributed by atoms with van der Waals surface area (Å²) in [5.74, 6) is 1.09. The van der Waals surface area contributed by atoms with E-state index in [1.54, 1.807) is 6.08 Å². The molecule has 0 unspecified atom stereocenters. The molecule has 0 atom stereocenters. The van der Waals surface area contributed by atoms with E-state index in [0.29, 0.717) is 12.6 Å². The maximum absolute atomic E-state index is 12.3. The number of nitrogens with zero attached hydrogens (tertiary/aromatic N) is 3. The van der Waals surface area contributed by atoms with Crippen LogP contribution in [-0.4, -0.2) is 20.0 Å². The van der Waals surface area contributed by atoms with Crippen molar-refractivity contribution in [2.45, 2.75) is 84.3 Å². The molecule has 0 spiro atoms. The lowest BCUT2D eigenvalue weighted by atomic mass is 9.95. The maximum atomic E-state index is 12.3. The molecule has 0 aromatic carbocycles. The highest BCUT2D eigenvalue weighted by Crippen LogP contribution is 2.32. The molecule has 2 aliphatic rings. The first-order chi connectivity index (χ1) is 13.6. The molecule has 0 bridgehead atoms. The SMILES string of the molecule is Cc1cc(/C=C/C(=O)NCc2cn3c(n2)CCCC3)c(C)n1C1CCCCC1. The van der Waals surface area contributed by atoms with Crippen LogP contribution in [0.1, 0.15) is 79.5 Å². The molecule has 3 heterocycles. The molecule has 1 amide bonds. The first-order valence-electron chi connectivity index (χ1n) is 10.8. The predicted octanol–water partition coefficient (Wildman–Crippen LogP) is 4.47. The van der Waals surface area contributed by atoms with Gasteiger partial charge in [-0.3, -0.25) is 4.79 Å². The normalized spacial score (nSPS) is 17.8. The van der Waals surface area contributed by atoms with Crippen LogP contribution in [0.5, 0.6) is 0 Å². The number of aromatic nitrogens is 3. The summed E-state index contributed by atoms with van der Waals surface area (Å²) >= 11 is 0. The van der Waals surface area contributed by atoms with E-state index in [1.807, 2.05) is 6.08 Å². The lowest BCUT2D eigenvalue weighted by Crippen LogP contribution is -2.20. The predicted molar refractivity (Wildman–Crippen MR) is 112 cm³/mol. The highest BCUT2D eigenvalue weighted by molar-refractivity contribution is 5.91. The number of imidazole rings is 1. The van der Waals surface area contributed by atoms with E-state index in [-0.39, 0.29) is 5.91 Å². The monoisotopic (exact) mass is 380 g/mol. The van der Waals surface area contributed by atoms with Crippen molar-refractivity contribution < 1.29 is 4.79 Å². The Hall–Kier alpha value is -2.30. The van der Waals surface area contributed by atoms with E-state index in [4.69, 9.17) is 0 Å². The van der Waals surface area contributed by atoms with E-state index in [9.17, 15) is 4.79 Å². The molecule has 1 N–H and O–H groups in total. The quantitative estimate of drug-likeness (QED) is 0.778. The number of hydrogen-bond donors (Lipinski definition) is 1. The van der Waals surface area contributed by atoms with E-state index < -0.39 is 0 Å². The standard InChI is InChI=1S/C23H32N4O/c1-17-14-19(18(2)27(17)21-8-4-3-5-9-21)11-12-23(28)24-15-20-16-26-13-7-6-10-22(26)25-20/h11-12,14,16,21H,3-10,13,15H2,1-2H3,(H,24,28)/b12-11+. The number of aryl methyl sites for hydroxylation is 3. The molecule has 0 saturated heterocycles. The zero-order valence-electron chi connectivity index (χ0n) is 17.2. The number of amides is 1. The van der Waals surface area contributed by atoms with E-state index >= 15 is 0 Å². The van der Waals surface area contributed by atoms with Gasteiger partial charge in [-0.15, -0.1) is 0 Å². The van der Waals surface area contributed by atoms with Crippen LogP contribution >= 0.6 is 0 Å². The molecule has 1 fully saturated rings. The van der Waals surface area contributed by atoms with Gasteiger partial charge in [0.1, 0.15) is 5.82 Å². The van der Waals surface area contributed by atoms with Gasteiger partial charge in [-0.05, 0) is 57.2 Å². The minimum atomic E-state index is -0.0616. The Morgan fingerprint density at radius 2 is 2.04 bits per heavy atom. The third-order valence-corrected chi connectivity index (χ3v) is 6.28. The molecule has 0 radical (unpaired) electrons. The second-order valence-corrected chi connectivity index (χ2v) is 8.34. The molecule has 1 aliphatic carbocycles. The Morgan fingerprint density at radius 1 is 1.21 bits per heavy atom. The van der Waals surface area contributed by atoms with Gasteiger partial charge in [0.05, 0.1) is 12.2 Å². The van der Waals surface area contributed by atoms with Crippen LogP contribution in [0.15, 0.2) is 18.3 Å². The topological polar surface area (TPSA) is 51.9 Å². The maximum Gasteiger partial charge on any atom is 0.244 e. The molecular formula is C23H32N4O. The Labute approximate surface area is 167 Å². The molecular weight excluding hydrogens is 348 g/mol. The molecule has 5 heteroatoms. The van der Waals surface area contributed by atoms with Crippen LogP contribution in [0.2, 0.25) is 0 Å². The van der Waals surface area contributed by atoms with E-state index in [0.717, 1.165) is 30.0 Å². The van der Waals surface area contributed by atoms with Crippen molar-refractivity contribution in [3.63, 3.8) is 0 Å². The van der Waals surface area contributed by atoms with Crippen LogP contribution < -0.4 is 5.32 Å². The Morgan fingerprint density at radius 3 is 2.82 bits per heavy atom. The van der Waals surface area contributed by atoms with E-state index in [1.165, 1.54) is 56.3 Å². The van der Waals surface area contributed by atoms with Crippen molar-refractivity contribution in [1.29, 1.82) is 0 Å². The van der Waals surface area contributed by atoms with Gasteiger partial charge in [-0.2, -0.15) is 0 Å². The highest BCUT2D eigenvalue weighted by Gasteiger charge is 2.19. The van der Waals surface area contributed by atoms with E-state index in [2.05, 4.69) is 45.5 Å². The summed E-state index contributed by atoms with van der Waals surface area (Å²) in [6.07, 6.45) is 15.7. The summed E-state index contributed by atoms with van der Waals surface area (Å²) in [7, 11) is 0. The first kappa shape index (κ1) is 19.0. The first-order valence-corrected chi connectivity index (χ1v) is 10.8. The minimum absolute atomic E-state index is 0.0616. The van der Waals surface area contributed by atoms with Gasteiger partial charge in [-0.25, -0.2) is 4.98 Å². The summed E-state index contributed by atoms with van der Waals surface area (Å²) < 4.78 is 4.70. The van der Waals surface area contributed by atoms with Crippen molar-refractivity contribution in [2.75, 3.05) is 0 Å². The third kappa shape index (κ3) is 4.08. The summed E-state index contributed by atoms with van der Waals surface area (Å²) in [5, 5.41) is 2.97. The Balaban J connectivity index is 1.37. The Kier molecular flexibility index (Phi) is 5.69. The molecule has 5 nitrogen and oxygen atoms in total. The fourth-order valence-electron chi connectivity index (χ4n) is 4.83. The smallest absolute Gasteiger partial charge is 0.244 e. The molecule has 28 heavy (non-hydrogen) atoms. The van der Waals surface area contributed by atoms with Gasteiger partial charge < -0.3 is 14.5 Å². The minimum Gasteiger partial charge on any atom is -0.347 e. The zero-order chi connectivity index (χ0) is 19.5. The lowest BCUT2D eigenvalue weighted by Gasteiger charge is -2.26. The van der Waals surface area contributed by atoms with Crippen molar-refractivity contribution in [2.24, 2.45) is 0 Å². The van der Waals surface area contributed by atoms with Crippen molar-refractivity contribution >= 4 is 12.0 Å². The van der Waals surface area contributed by atoms with Gasteiger partial charge in [0.15, 0.2) is 0 Å². The Bertz CT molecular complexity index is 844. The third-order valence-electron chi connectivity index (χ3n) is 6.28. The second-order valence-electron chi connectivity index (χ2n) is 8.34. The van der Waals surface area contributed by atoms with Crippen LogP contribution in [0.25, 0.3) is 6.08 Å². The molecule has 1 saturated carbocycles. The molecule has 4 rings (SSSR count). The summed E-state index contributed by atoms with van der Waals surface area (Å²) in [4.78, 5) is 16.9. The van der Waals surface area contributed by atoms with Crippen molar-refractivity contribution in [3.05, 3.63) is 46.8 Å². The van der Waals surface area contributed by atoms with Crippen LogP contribution in [0.4, 0.5) is 0 Å². The number of fused-ring (bicyclic) bond motifs is 1. The van der Waals surface area contributed by atoms with Crippen molar-refractivity contribution in [1.82, 2.24) is 19.4 Å². The number of hydrogen-bond acceptors (Lipinski definition) is 2. The zero-order valence-corrected chi connectivity index (χ0v) is 17.2. The van der Waals surface area contributed by atoms with Gasteiger partial charge in [0.2, 0.25) is 5.91 Å². The average molecular weight is 381 g/mol. The fourth-order valence-corrected chi connectivity index (χ4v) is 4.83. The number of rotatable bonds is 5. The highest BCUT2D eigenvalue weighted by atomic mass is 16.1. The number of carbonyl (C=O) groups excluding carboxylic acids is 1. The summed E-state index contributed by atoms with van der Waals surface area (Å²) in [6, 6.07) is 2.83.